The first-order valence-corrected chi connectivity index (χ1v) is 14.6. The first kappa shape index (κ1) is 29.2. The second-order valence-corrected chi connectivity index (χ2v) is 11.6. The number of carbonyl (C=O) groups is 2. The van der Waals surface area contributed by atoms with Gasteiger partial charge in [0, 0.05) is 70.2 Å². The Morgan fingerprint density at radius 1 is 1.00 bits per heavy atom. The summed E-state index contributed by atoms with van der Waals surface area (Å²) in [6.45, 7) is 5.51. The minimum atomic E-state index is -0.960. The Kier molecular flexibility index (Phi) is 9.03. The molecular formula is C30H39F2N5O4. The molecule has 9 nitrogen and oxygen atoms in total. The molecular weight excluding hydrogens is 532 g/mol. The third-order valence-electron chi connectivity index (χ3n) is 8.93. The SMILES string of the molecule is CN1C(=O)c2c(O)c(=O)c(C(=O)NCc3ccc(F)cc3F)cn2CCN(CCN2CCCC2)C[C@@H]2CCCC[C@@H]21. The Hall–Kier alpha value is -3.31. The van der Waals surface area contributed by atoms with Crippen LogP contribution in [0.25, 0.3) is 0 Å². The molecule has 5 rings (SSSR count). The van der Waals surface area contributed by atoms with Gasteiger partial charge >= 0.3 is 0 Å². The standard InChI is InChI=1S/C30H39F2N5O4/c1-34-25-7-3-2-6-21(25)18-36(13-12-35-10-4-5-11-35)14-15-37-19-23(27(38)28(39)26(37)30(34)41)29(40)33-17-20-8-9-22(31)16-24(20)32/h8-9,16,19,21,25,39H,2-7,10-15,17-18H2,1H3,(H,33,40)/t21-,25-/m0/s1. The van der Waals surface area contributed by atoms with E-state index in [-0.39, 0.29) is 29.4 Å². The van der Waals surface area contributed by atoms with Gasteiger partial charge in [-0.1, -0.05) is 18.9 Å². The van der Waals surface area contributed by atoms with E-state index in [9.17, 15) is 28.3 Å². The van der Waals surface area contributed by atoms with Crippen molar-refractivity contribution in [2.75, 3.05) is 46.3 Å². The van der Waals surface area contributed by atoms with E-state index < -0.39 is 34.6 Å². The normalized spacial score (nSPS) is 22.3. The maximum atomic E-state index is 14.1. The van der Waals surface area contributed by atoms with E-state index in [0.29, 0.717) is 25.1 Å². The number of aromatic nitrogens is 1. The molecule has 1 aromatic carbocycles. The number of hydrogen-bond donors (Lipinski definition) is 2. The van der Waals surface area contributed by atoms with E-state index in [2.05, 4.69) is 15.1 Å². The molecule has 0 radical (unpaired) electrons. The summed E-state index contributed by atoms with van der Waals surface area (Å²) in [6, 6.07) is 3.00. The van der Waals surface area contributed by atoms with Crippen molar-refractivity contribution in [3.8, 4) is 5.75 Å². The Morgan fingerprint density at radius 3 is 2.49 bits per heavy atom. The summed E-state index contributed by atoms with van der Waals surface area (Å²) < 4.78 is 28.8. The predicted molar refractivity (Wildman–Crippen MR) is 150 cm³/mol. The lowest BCUT2D eigenvalue weighted by Crippen LogP contribution is -2.50. The maximum absolute atomic E-state index is 14.1. The van der Waals surface area contributed by atoms with Crippen molar-refractivity contribution in [2.45, 2.75) is 57.7 Å². The van der Waals surface area contributed by atoms with Crippen molar-refractivity contribution in [1.29, 1.82) is 0 Å². The van der Waals surface area contributed by atoms with Gasteiger partial charge in [0.2, 0.25) is 5.43 Å². The fourth-order valence-electron chi connectivity index (χ4n) is 6.54. The van der Waals surface area contributed by atoms with Gasteiger partial charge in [-0.15, -0.1) is 0 Å². The number of fused-ring (bicyclic) bond motifs is 2. The number of nitrogens with zero attached hydrogens (tertiary/aromatic N) is 4. The number of carbonyl (C=O) groups excluding carboxylic acids is 2. The molecule has 0 unspecified atom stereocenters. The first-order valence-electron chi connectivity index (χ1n) is 14.6. The molecule has 2 amide bonds. The Labute approximate surface area is 238 Å². The summed E-state index contributed by atoms with van der Waals surface area (Å²) in [5.41, 5.74) is -1.38. The number of nitrogens with one attached hydrogen (secondary N) is 1. The lowest BCUT2D eigenvalue weighted by molar-refractivity contribution is 0.0505. The molecule has 3 heterocycles. The third-order valence-corrected chi connectivity index (χ3v) is 8.93. The van der Waals surface area contributed by atoms with Crippen molar-refractivity contribution in [3.05, 3.63) is 63.1 Å². The van der Waals surface area contributed by atoms with Gasteiger partial charge < -0.3 is 24.8 Å². The van der Waals surface area contributed by atoms with Crippen LogP contribution in [0.15, 0.2) is 29.2 Å². The molecule has 2 fully saturated rings. The lowest BCUT2D eigenvalue weighted by Gasteiger charge is -2.42. The van der Waals surface area contributed by atoms with Crippen LogP contribution in [0, 0.1) is 17.6 Å². The minimum absolute atomic E-state index is 0.0137. The third kappa shape index (κ3) is 6.46. The number of pyridine rings is 1. The average Bonchev–Trinajstić information content (AvgIpc) is 3.48. The molecule has 222 valence electrons. The van der Waals surface area contributed by atoms with Gasteiger partial charge in [0.25, 0.3) is 11.8 Å². The van der Waals surface area contributed by atoms with Gasteiger partial charge in [-0.2, -0.15) is 0 Å². The first-order chi connectivity index (χ1) is 19.7. The van der Waals surface area contributed by atoms with Gasteiger partial charge in [0.1, 0.15) is 17.2 Å². The van der Waals surface area contributed by atoms with Crippen molar-refractivity contribution < 1.29 is 23.5 Å². The molecule has 0 spiro atoms. The zero-order valence-electron chi connectivity index (χ0n) is 23.6. The largest absolute Gasteiger partial charge is 0.503 e. The highest BCUT2D eigenvalue weighted by molar-refractivity contribution is 5.98. The smallest absolute Gasteiger partial charge is 0.274 e. The number of rotatable bonds is 6. The fraction of sp³-hybridized carbons (Fsp3) is 0.567. The molecule has 11 heteroatoms. The molecule has 1 saturated carbocycles. The summed E-state index contributed by atoms with van der Waals surface area (Å²) in [5, 5.41) is 13.5. The van der Waals surface area contributed by atoms with E-state index in [0.717, 1.165) is 64.5 Å². The maximum Gasteiger partial charge on any atom is 0.274 e. The topological polar surface area (TPSA) is 98.1 Å². The average molecular weight is 572 g/mol. The van der Waals surface area contributed by atoms with Gasteiger partial charge in [-0.3, -0.25) is 19.3 Å². The van der Waals surface area contributed by atoms with Crippen molar-refractivity contribution in [1.82, 2.24) is 24.6 Å². The molecule has 2 aromatic rings. The van der Waals surface area contributed by atoms with E-state index >= 15 is 0 Å². The summed E-state index contributed by atoms with van der Waals surface area (Å²) in [5.74, 6) is -3.28. The van der Waals surface area contributed by atoms with Crippen LogP contribution in [0.5, 0.6) is 5.75 Å². The monoisotopic (exact) mass is 571 g/mol. The van der Waals surface area contributed by atoms with E-state index in [1.165, 1.54) is 29.7 Å². The van der Waals surface area contributed by atoms with Crippen molar-refractivity contribution in [2.24, 2.45) is 5.92 Å². The van der Waals surface area contributed by atoms with Crippen LogP contribution in [-0.4, -0.2) is 88.5 Å². The highest BCUT2D eigenvalue weighted by atomic mass is 19.1. The van der Waals surface area contributed by atoms with E-state index in [1.807, 2.05) is 0 Å². The molecule has 1 saturated heterocycles. The molecule has 2 aliphatic heterocycles. The molecule has 1 aromatic heterocycles. The van der Waals surface area contributed by atoms with Crippen molar-refractivity contribution >= 4 is 11.8 Å². The second kappa shape index (κ2) is 12.7. The quantitative estimate of drug-likeness (QED) is 0.554. The molecule has 2 N–H and O–H groups in total. The Bertz CT molecular complexity index is 1340. The van der Waals surface area contributed by atoms with Crippen LogP contribution in [-0.2, 0) is 13.1 Å². The van der Waals surface area contributed by atoms with Crippen LogP contribution in [0.1, 0.15) is 64.9 Å². The van der Waals surface area contributed by atoms with Crippen LogP contribution in [0.3, 0.4) is 0 Å². The fourth-order valence-corrected chi connectivity index (χ4v) is 6.54. The molecule has 0 bridgehead atoms. The number of hydrogen-bond acceptors (Lipinski definition) is 6. The zero-order chi connectivity index (χ0) is 29.1. The number of aromatic hydroxyl groups is 1. The van der Waals surface area contributed by atoms with Gasteiger partial charge in [0.15, 0.2) is 11.4 Å². The molecule has 2 atom stereocenters. The predicted octanol–water partition coefficient (Wildman–Crippen LogP) is 2.80. The summed E-state index contributed by atoms with van der Waals surface area (Å²) in [7, 11) is 1.73. The number of amides is 2. The van der Waals surface area contributed by atoms with Crippen LogP contribution in [0.4, 0.5) is 8.78 Å². The van der Waals surface area contributed by atoms with Crippen LogP contribution in [0.2, 0.25) is 0 Å². The van der Waals surface area contributed by atoms with Gasteiger partial charge in [-0.25, -0.2) is 8.78 Å². The minimum Gasteiger partial charge on any atom is -0.503 e. The van der Waals surface area contributed by atoms with Crippen LogP contribution < -0.4 is 10.7 Å². The molecule has 3 aliphatic rings. The van der Waals surface area contributed by atoms with Crippen molar-refractivity contribution in [3.63, 3.8) is 0 Å². The summed E-state index contributed by atoms with van der Waals surface area (Å²) in [6.07, 6.45) is 7.77. The van der Waals surface area contributed by atoms with E-state index in [4.69, 9.17) is 0 Å². The highest BCUT2D eigenvalue weighted by Gasteiger charge is 2.36. The second-order valence-electron chi connectivity index (χ2n) is 11.6. The summed E-state index contributed by atoms with van der Waals surface area (Å²) >= 11 is 0. The number of halogens is 2. The van der Waals surface area contributed by atoms with Gasteiger partial charge in [-0.05, 0) is 50.8 Å². The summed E-state index contributed by atoms with van der Waals surface area (Å²) in [4.78, 5) is 46.5. The Morgan fingerprint density at radius 2 is 1.73 bits per heavy atom. The number of likely N-dealkylation sites (tertiary alicyclic amines) is 1. The molecule has 41 heavy (non-hydrogen) atoms. The number of benzene rings is 1. The lowest BCUT2D eigenvalue weighted by atomic mass is 9.83. The zero-order valence-corrected chi connectivity index (χ0v) is 23.6. The van der Waals surface area contributed by atoms with E-state index in [1.54, 1.807) is 11.9 Å². The van der Waals surface area contributed by atoms with Crippen LogP contribution >= 0.6 is 0 Å². The highest BCUT2D eigenvalue weighted by Crippen LogP contribution is 2.31. The van der Waals surface area contributed by atoms with Gasteiger partial charge in [0.05, 0.1) is 0 Å². The Balaban J connectivity index is 1.43. The molecule has 1 aliphatic carbocycles.